The topological polar surface area (TPSA) is 81.1 Å². The number of methoxy groups -OCH3 is 1. The summed E-state index contributed by atoms with van der Waals surface area (Å²) in [6.07, 6.45) is 0.920. The number of benzene rings is 2. The van der Waals surface area contributed by atoms with E-state index in [1.54, 1.807) is 16.5 Å². The first kappa shape index (κ1) is 24.1. The Labute approximate surface area is 210 Å². The van der Waals surface area contributed by atoms with Gasteiger partial charge >= 0.3 is 5.97 Å². The fourth-order valence-corrected chi connectivity index (χ4v) is 5.33. The standard InChI is InChI=1S/C28H31N3O5/c1-29-16-19(14-25(29)32)18-36-24-15-26(33)31-13-12-30(11-10-23(31)27(24)28(34)35-2)17-21-8-5-7-20-6-3-4-9-22(20)21/h3-9,15,19H,10-14,16-18H2,1-2H3/t19-/m0/s1. The van der Waals surface area contributed by atoms with E-state index in [4.69, 9.17) is 9.47 Å². The van der Waals surface area contributed by atoms with Crippen molar-refractivity contribution in [1.82, 2.24) is 14.4 Å². The lowest BCUT2D eigenvalue weighted by Gasteiger charge is -2.20. The predicted molar refractivity (Wildman–Crippen MR) is 136 cm³/mol. The summed E-state index contributed by atoms with van der Waals surface area (Å²) in [5.74, 6) is -0.186. The van der Waals surface area contributed by atoms with Crippen LogP contribution in [0.5, 0.6) is 5.75 Å². The summed E-state index contributed by atoms with van der Waals surface area (Å²) >= 11 is 0. The second-order valence-electron chi connectivity index (χ2n) is 9.63. The Morgan fingerprint density at radius 3 is 2.64 bits per heavy atom. The van der Waals surface area contributed by atoms with Crippen LogP contribution in [0.1, 0.15) is 28.0 Å². The van der Waals surface area contributed by atoms with E-state index in [2.05, 4.69) is 35.2 Å². The third-order valence-corrected chi connectivity index (χ3v) is 7.25. The SMILES string of the molecule is COC(=O)c1c(OC[C@H]2CC(=O)N(C)C2)cc(=O)n2c1CCN(Cc1cccc3ccccc13)CC2. The average molecular weight is 490 g/mol. The van der Waals surface area contributed by atoms with Gasteiger partial charge < -0.3 is 18.9 Å². The normalized spacial score (nSPS) is 18.2. The molecule has 0 spiro atoms. The van der Waals surface area contributed by atoms with E-state index in [1.807, 2.05) is 12.1 Å². The number of carbonyl (C=O) groups is 2. The lowest BCUT2D eigenvalue weighted by molar-refractivity contribution is -0.126. The number of aromatic nitrogens is 1. The van der Waals surface area contributed by atoms with Gasteiger partial charge in [0.25, 0.3) is 5.56 Å². The van der Waals surface area contributed by atoms with Gasteiger partial charge in [0.2, 0.25) is 5.91 Å². The lowest BCUT2D eigenvalue weighted by atomic mass is 10.0. The van der Waals surface area contributed by atoms with Gasteiger partial charge in [-0.2, -0.15) is 0 Å². The Hall–Kier alpha value is -3.65. The monoisotopic (exact) mass is 489 g/mol. The number of esters is 1. The van der Waals surface area contributed by atoms with Gasteiger partial charge in [-0.15, -0.1) is 0 Å². The van der Waals surface area contributed by atoms with Crippen molar-refractivity contribution in [2.45, 2.75) is 25.9 Å². The number of rotatable bonds is 6. The molecule has 1 amide bonds. The number of hydrogen-bond donors (Lipinski definition) is 0. The molecule has 1 atom stereocenters. The minimum Gasteiger partial charge on any atom is -0.492 e. The molecule has 36 heavy (non-hydrogen) atoms. The fourth-order valence-electron chi connectivity index (χ4n) is 5.33. The van der Waals surface area contributed by atoms with Crippen LogP contribution in [0, 0.1) is 5.92 Å². The minimum absolute atomic E-state index is 0.0192. The smallest absolute Gasteiger partial charge is 0.343 e. The molecule has 0 bridgehead atoms. The molecule has 0 unspecified atom stereocenters. The third kappa shape index (κ3) is 4.73. The maximum absolute atomic E-state index is 13.1. The van der Waals surface area contributed by atoms with E-state index < -0.39 is 5.97 Å². The van der Waals surface area contributed by atoms with Crippen LogP contribution in [-0.4, -0.2) is 66.6 Å². The van der Waals surface area contributed by atoms with Gasteiger partial charge in [0.1, 0.15) is 11.3 Å². The van der Waals surface area contributed by atoms with E-state index in [-0.39, 0.29) is 29.7 Å². The first-order chi connectivity index (χ1) is 17.4. The number of likely N-dealkylation sites (tertiary alicyclic amines) is 1. The van der Waals surface area contributed by atoms with Gasteiger partial charge in [0, 0.05) is 70.3 Å². The molecule has 1 fully saturated rings. The van der Waals surface area contributed by atoms with E-state index in [0.29, 0.717) is 50.3 Å². The number of fused-ring (bicyclic) bond motifs is 2. The van der Waals surface area contributed by atoms with Crippen LogP contribution in [0.15, 0.2) is 53.3 Å². The van der Waals surface area contributed by atoms with Crippen molar-refractivity contribution >= 4 is 22.6 Å². The number of nitrogens with zero attached hydrogens (tertiary/aromatic N) is 3. The zero-order valence-corrected chi connectivity index (χ0v) is 20.7. The first-order valence-electron chi connectivity index (χ1n) is 12.4. The highest BCUT2D eigenvalue weighted by Crippen LogP contribution is 2.27. The largest absolute Gasteiger partial charge is 0.492 e. The van der Waals surface area contributed by atoms with Crippen LogP contribution in [0.3, 0.4) is 0 Å². The summed E-state index contributed by atoms with van der Waals surface area (Å²) in [5, 5.41) is 2.43. The highest BCUT2D eigenvalue weighted by atomic mass is 16.5. The molecule has 0 aliphatic carbocycles. The molecule has 188 valence electrons. The highest BCUT2D eigenvalue weighted by Gasteiger charge is 2.30. The Bertz CT molecular complexity index is 1360. The molecule has 2 aromatic carbocycles. The third-order valence-electron chi connectivity index (χ3n) is 7.25. The summed E-state index contributed by atoms with van der Waals surface area (Å²) < 4.78 is 12.8. The average Bonchev–Trinajstić information content (AvgIpc) is 3.07. The summed E-state index contributed by atoms with van der Waals surface area (Å²) in [7, 11) is 3.10. The van der Waals surface area contributed by atoms with E-state index in [1.165, 1.54) is 29.5 Å². The van der Waals surface area contributed by atoms with Gasteiger partial charge in [-0.3, -0.25) is 14.5 Å². The second-order valence-corrected chi connectivity index (χ2v) is 9.63. The molecule has 0 saturated carbocycles. The molecular weight excluding hydrogens is 458 g/mol. The highest BCUT2D eigenvalue weighted by molar-refractivity contribution is 5.93. The van der Waals surface area contributed by atoms with Crippen molar-refractivity contribution in [2.75, 3.05) is 40.4 Å². The summed E-state index contributed by atoms with van der Waals surface area (Å²) in [6, 6.07) is 16.0. The Morgan fingerprint density at radius 1 is 1.06 bits per heavy atom. The zero-order chi connectivity index (χ0) is 25.2. The Kier molecular flexibility index (Phi) is 6.78. The van der Waals surface area contributed by atoms with E-state index in [9.17, 15) is 14.4 Å². The summed E-state index contributed by atoms with van der Waals surface area (Å²) in [5.41, 5.74) is 1.99. The fraction of sp³-hybridized carbons (Fsp3) is 0.393. The number of pyridine rings is 1. The van der Waals surface area contributed by atoms with E-state index >= 15 is 0 Å². The van der Waals surface area contributed by atoms with Crippen LogP contribution < -0.4 is 10.3 Å². The van der Waals surface area contributed by atoms with Crippen LogP contribution in [0.25, 0.3) is 10.8 Å². The van der Waals surface area contributed by atoms with Gasteiger partial charge in [-0.1, -0.05) is 42.5 Å². The Morgan fingerprint density at radius 2 is 1.86 bits per heavy atom. The van der Waals surface area contributed by atoms with Crippen molar-refractivity contribution in [1.29, 1.82) is 0 Å². The number of hydrogen-bond acceptors (Lipinski definition) is 6. The van der Waals surface area contributed by atoms with Gasteiger partial charge in [0.15, 0.2) is 0 Å². The number of carbonyl (C=O) groups excluding carboxylic acids is 2. The number of amides is 1. The van der Waals surface area contributed by atoms with Gasteiger partial charge in [-0.25, -0.2) is 4.79 Å². The summed E-state index contributed by atoms with van der Waals surface area (Å²) in [6.45, 7) is 3.47. The van der Waals surface area contributed by atoms with Gasteiger partial charge in [-0.05, 0) is 16.3 Å². The molecule has 3 aromatic rings. The maximum Gasteiger partial charge on any atom is 0.343 e. The van der Waals surface area contributed by atoms with Crippen LogP contribution in [-0.2, 0) is 29.0 Å². The molecule has 1 aromatic heterocycles. The van der Waals surface area contributed by atoms with E-state index in [0.717, 1.165) is 6.54 Å². The molecule has 8 nitrogen and oxygen atoms in total. The first-order valence-corrected chi connectivity index (χ1v) is 12.4. The molecule has 0 radical (unpaired) electrons. The molecule has 5 rings (SSSR count). The maximum atomic E-state index is 13.1. The molecule has 3 heterocycles. The molecular formula is C28H31N3O5. The second kappa shape index (κ2) is 10.1. The lowest BCUT2D eigenvalue weighted by Crippen LogP contribution is -2.29. The summed E-state index contributed by atoms with van der Waals surface area (Å²) in [4.78, 5) is 41.8. The predicted octanol–water partition coefficient (Wildman–Crippen LogP) is 2.70. The zero-order valence-electron chi connectivity index (χ0n) is 20.7. The van der Waals surface area contributed by atoms with Crippen molar-refractivity contribution < 1.29 is 19.1 Å². The molecule has 2 aliphatic heterocycles. The van der Waals surface area contributed by atoms with Gasteiger partial charge in [0.05, 0.1) is 13.7 Å². The Balaban J connectivity index is 1.39. The molecule has 1 saturated heterocycles. The van der Waals surface area contributed by atoms with Crippen LogP contribution in [0.2, 0.25) is 0 Å². The minimum atomic E-state index is -0.518. The van der Waals surface area contributed by atoms with Crippen molar-refractivity contribution in [3.8, 4) is 5.75 Å². The van der Waals surface area contributed by atoms with Crippen molar-refractivity contribution in [2.24, 2.45) is 5.92 Å². The van der Waals surface area contributed by atoms with Crippen molar-refractivity contribution in [3.63, 3.8) is 0 Å². The van der Waals surface area contributed by atoms with Crippen LogP contribution >= 0.6 is 0 Å². The molecule has 0 N–H and O–H groups in total. The number of ether oxygens (including phenoxy) is 2. The quantitative estimate of drug-likeness (QED) is 0.496. The molecule has 2 aliphatic rings. The molecule has 8 heteroatoms. The van der Waals surface area contributed by atoms with Crippen molar-refractivity contribution in [3.05, 3.63) is 75.7 Å². The van der Waals surface area contributed by atoms with Crippen LogP contribution in [0.4, 0.5) is 0 Å².